The van der Waals surface area contributed by atoms with E-state index in [1.807, 2.05) is 24.0 Å². The first kappa shape index (κ1) is 34.0. The number of amides is 3. The summed E-state index contributed by atoms with van der Waals surface area (Å²) in [5.41, 5.74) is 1.94. The maximum absolute atomic E-state index is 14.2. The lowest BCUT2D eigenvalue weighted by Crippen LogP contribution is -2.42. The number of methoxy groups -OCH3 is 1. The van der Waals surface area contributed by atoms with Gasteiger partial charge in [0.1, 0.15) is 5.82 Å². The molecule has 0 unspecified atom stereocenters. The number of nitrogens with one attached hydrogen (secondary N) is 3. The molecule has 0 bridgehead atoms. The van der Waals surface area contributed by atoms with Crippen molar-refractivity contribution in [2.75, 3.05) is 38.3 Å². The first-order valence-electron chi connectivity index (χ1n) is 15.8. The lowest BCUT2D eigenvalue weighted by molar-refractivity contribution is -0.138. The van der Waals surface area contributed by atoms with E-state index in [2.05, 4.69) is 20.4 Å². The van der Waals surface area contributed by atoms with Gasteiger partial charge in [0.15, 0.2) is 5.15 Å². The van der Waals surface area contributed by atoms with Gasteiger partial charge in [0.2, 0.25) is 15.9 Å². The number of imidazole rings is 1. The Kier molecular flexibility index (Phi) is 10.5. The molecule has 13 nitrogen and oxygen atoms in total. The summed E-state index contributed by atoms with van der Waals surface area (Å²) >= 11 is 6.66. The van der Waals surface area contributed by atoms with E-state index in [1.165, 1.54) is 17.7 Å². The Morgan fingerprint density at radius 1 is 1.07 bits per heavy atom. The molecule has 0 spiro atoms. The van der Waals surface area contributed by atoms with Crippen LogP contribution in [0.5, 0.6) is 0 Å². The van der Waals surface area contributed by atoms with E-state index in [1.54, 1.807) is 12.1 Å². The van der Waals surface area contributed by atoms with Gasteiger partial charge in [-0.15, -0.1) is 0 Å². The number of piperidine rings is 1. The molecule has 3 amide bonds. The monoisotopic (exact) mass is 678 g/mol. The third-order valence-electron chi connectivity index (χ3n) is 10.0. The number of aromatic nitrogens is 2. The van der Waals surface area contributed by atoms with Gasteiger partial charge in [-0.1, -0.05) is 23.7 Å². The summed E-state index contributed by atoms with van der Waals surface area (Å²) in [4.78, 5) is 46.9. The van der Waals surface area contributed by atoms with Gasteiger partial charge in [-0.2, -0.15) is 0 Å². The number of rotatable bonds is 8. The molecular weight excluding hydrogens is 636 g/mol. The van der Waals surface area contributed by atoms with E-state index in [0.29, 0.717) is 56.1 Å². The second-order valence-corrected chi connectivity index (χ2v) is 15.2. The fourth-order valence-electron chi connectivity index (χ4n) is 7.41. The number of aromatic amines is 1. The molecule has 5 rings (SSSR count). The molecule has 252 valence electrons. The molecule has 1 aliphatic carbocycles. The van der Waals surface area contributed by atoms with Crippen molar-refractivity contribution in [2.24, 2.45) is 23.7 Å². The number of ether oxygens (including phenoxy) is 1. The van der Waals surface area contributed by atoms with Crippen LogP contribution in [0, 0.1) is 23.7 Å². The summed E-state index contributed by atoms with van der Waals surface area (Å²) in [6.45, 7) is 3.38. The van der Waals surface area contributed by atoms with Crippen LogP contribution in [0.15, 0.2) is 24.3 Å². The van der Waals surface area contributed by atoms with Gasteiger partial charge >= 0.3 is 12.2 Å². The van der Waals surface area contributed by atoms with Crippen LogP contribution in [0.3, 0.4) is 0 Å². The molecule has 3 fully saturated rings. The first-order chi connectivity index (χ1) is 21.8. The largest absolute Gasteiger partial charge is 0.465 e. The predicted octanol–water partition coefficient (Wildman–Crippen LogP) is 4.93. The number of carbonyl (C=O) groups is 3. The third kappa shape index (κ3) is 7.77. The maximum Gasteiger partial charge on any atom is 0.411 e. The lowest BCUT2D eigenvalue weighted by Gasteiger charge is -2.35. The minimum atomic E-state index is -3.25. The number of benzene rings is 1. The van der Waals surface area contributed by atoms with E-state index < -0.39 is 22.2 Å². The summed E-state index contributed by atoms with van der Waals surface area (Å²) < 4.78 is 30.4. The van der Waals surface area contributed by atoms with Crippen LogP contribution in [-0.4, -0.2) is 89.8 Å². The summed E-state index contributed by atoms with van der Waals surface area (Å²) in [5.74, 6) is 1.16. The number of anilines is 1. The minimum Gasteiger partial charge on any atom is -0.465 e. The first-order valence-corrected chi connectivity index (χ1v) is 18.0. The topological polar surface area (TPSA) is 174 Å². The minimum absolute atomic E-state index is 0.0747. The molecule has 1 aromatic carbocycles. The van der Waals surface area contributed by atoms with E-state index >= 15 is 0 Å². The molecule has 3 atom stereocenters. The molecule has 3 heterocycles. The van der Waals surface area contributed by atoms with Gasteiger partial charge in [0.05, 0.1) is 25.1 Å². The van der Waals surface area contributed by atoms with Crippen molar-refractivity contribution in [3.8, 4) is 11.3 Å². The maximum atomic E-state index is 14.2. The van der Waals surface area contributed by atoms with Crippen LogP contribution in [0.4, 0.5) is 15.3 Å². The number of nitrogens with zero attached hydrogens (tertiary/aromatic N) is 3. The molecule has 15 heteroatoms. The van der Waals surface area contributed by atoms with E-state index in [4.69, 9.17) is 21.7 Å². The second kappa shape index (κ2) is 14.2. The fraction of sp³-hybridized carbons (Fsp3) is 0.613. The summed E-state index contributed by atoms with van der Waals surface area (Å²) in [5, 5.41) is 14.6. The number of likely N-dealkylation sites (tertiary alicyclic amines) is 1. The fourth-order valence-corrected chi connectivity index (χ4v) is 8.53. The molecule has 46 heavy (non-hydrogen) atoms. The van der Waals surface area contributed by atoms with Gasteiger partial charge in [-0.3, -0.25) is 10.1 Å². The van der Waals surface area contributed by atoms with Crippen LogP contribution < -0.4 is 10.6 Å². The number of hydrogen-bond donors (Lipinski definition) is 4. The summed E-state index contributed by atoms with van der Waals surface area (Å²) in [6, 6.07) is 6.59. The Labute approximate surface area is 274 Å². The summed E-state index contributed by atoms with van der Waals surface area (Å²) in [7, 11) is -1.95. The van der Waals surface area contributed by atoms with Crippen molar-refractivity contribution < 1.29 is 32.6 Å². The zero-order valence-corrected chi connectivity index (χ0v) is 27.9. The van der Waals surface area contributed by atoms with Crippen LogP contribution in [-0.2, 0) is 19.6 Å². The van der Waals surface area contributed by atoms with E-state index in [9.17, 15) is 22.8 Å². The van der Waals surface area contributed by atoms with Crippen molar-refractivity contribution in [1.82, 2.24) is 24.5 Å². The number of carboxylic acid groups (broad SMARTS) is 1. The van der Waals surface area contributed by atoms with Crippen LogP contribution in [0.2, 0.25) is 5.15 Å². The number of sulfonamides is 1. The van der Waals surface area contributed by atoms with Crippen LogP contribution >= 0.6 is 11.6 Å². The van der Waals surface area contributed by atoms with Crippen molar-refractivity contribution in [3.63, 3.8) is 0 Å². The highest BCUT2D eigenvalue weighted by atomic mass is 35.5. The van der Waals surface area contributed by atoms with Crippen LogP contribution in [0.25, 0.3) is 11.3 Å². The number of hydrogen-bond acceptors (Lipinski definition) is 7. The standard InChI is InChI=1S/C31H43ClN6O7S/c1-18(33-30(40)41)19-4-6-22(7-5-19)29(39)38-17-23(20-12-14-37(15-13-20)46(3,43)44)16-25(38)28-35-26(27(32)36-28)21-8-10-24(11-9-21)34-31(42)45-2/h8-11,18-20,22-23,25,33H,4-7,12-17H2,1-3H3,(H,34,42)(H,35,36)(H,40,41)/t18-,19-,22-,23-,25-/m0/s1. The number of halogens is 1. The number of H-pyrrole nitrogens is 1. The second-order valence-electron chi connectivity index (χ2n) is 12.8. The van der Waals surface area contributed by atoms with Gasteiger partial charge in [-0.25, -0.2) is 27.3 Å². The van der Waals surface area contributed by atoms with Crippen molar-refractivity contribution in [2.45, 2.75) is 64.0 Å². The average molecular weight is 679 g/mol. The van der Waals surface area contributed by atoms with Crippen molar-refractivity contribution in [1.29, 1.82) is 0 Å². The Morgan fingerprint density at radius 2 is 1.72 bits per heavy atom. The lowest BCUT2D eigenvalue weighted by atomic mass is 9.78. The molecule has 2 aliphatic heterocycles. The highest BCUT2D eigenvalue weighted by Crippen LogP contribution is 2.44. The normalized spacial score (nSPS) is 25.2. The Balaban J connectivity index is 1.34. The van der Waals surface area contributed by atoms with Crippen molar-refractivity contribution in [3.05, 3.63) is 35.2 Å². The average Bonchev–Trinajstić information content (AvgIpc) is 3.64. The third-order valence-corrected chi connectivity index (χ3v) is 11.6. The Morgan fingerprint density at radius 3 is 2.30 bits per heavy atom. The highest BCUT2D eigenvalue weighted by Gasteiger charge is 2.44. The Hall–Kier alpha value is -3.36. The Bertz CT molecular complexity index is 1520. The molecule has 1 saturated carbocycles. The van der Waals surface area contributed by atoms with Gasteiger partial charge in [-0.05, 0) is 81.8 Å². The molecule has 2 aromatic rings. The highest BCUT2D eigenvalue weighted by molar-refractivity contribution is 7.88. The molecule has 0 radical (unpaired) electrons. The molecule has 1 aromatic heterocycles. The zero-order chi connectivity index (χ0) is 33.2. The SMILES string of the molecule is COC(=O)Nc1ccc(-c2[nH]c([C@@H]3C[C@H](C4CCN(S(C)(=O)=O)CC4)CN3C(=O)[C@H]3CC[C@H]([C@H](C)NC(=O)O)CC3)nc2Cl)cc1. The van der Waals surface area contributed by atoms with Crippen molar-refractivity contribution >= 4 is 45.4 Å². The molecule has 2 saturated heterocycles. The molecule has 3 aliphatic rings. The molecular formula is C31H43ClN6O7S. The van der Waals surface area contributed by atoms with Gasteiger partial charge in [0, 0.05) is 42.8 Å². The zero-order valence-electron chi connectivity index (χ0n) is 26.4. The predicted molar refractivity (Wildman–Crippen MR) is 173 cm³/mol. The smallest absolute Gasteiger partial charge is 0.411 e. The van der Waals surface area contributed by atoms with Gasteiger partial charge < -0.3 is 25.0 Å². The van der Waals surface area contributed by atoms with E-state index in [-0.39, 0.29) is 46.8 Å². The molecule has 4 N–H and O–H groups in total. The van der Waals surface area contributed by atoms with Crippen LogP contribution in [0.1, 0.15) is 63.7 Å². The van der Waals surface area contributed by atoms with Gasteiger partial charge in [0.25, 0.3) is 0 Å². The van der Waals surface area contributed by atoms with E-state index in [0.717, 1.165) is 31.2 Å². The number of carbonyl (C=O) groups excluding carboxylic acids is 2. The quantitative estimate of drug-likeness (QED) is 0.304. The summed E-state index contributed by atoms with van der Waals surface area (Å²) in [6.07, 6.45) is 4.70.